The van der Waals surface area contributed by atoms with Crippen molar-refractivity contribution < 1.29 is 4.79 Å². The van der Waals surface area contributed by atoms with Crippen LogP contribution in [0.5, 0.6) is 0 Å². The molecule has 124 valence electrons. The summed E-state index contributed by atoms with van der Waals surface area (Å²) in [4.78, 5) is 20.7. The van der Waals surface area contributed by atoms with Gasteiger partial charge in [-0.3, -0.25) is 4.79 Å². The molecular formula is C18H26N4O. The Morgan fingerprint density at radius 3 is 2.65 bits per heavy atom. The molecule has 2 rings (SSSR count). The van der Waals surface area contributed by atoms with Gasteiger partial charge in [0, 0.05) is 38.3 Å². The number of carbonyl (C=O) groups excluding carboxylic acids is 1. The number of hydrogen-bond acceptors (Lipinski definition) is 4. The fourth-order valence-corrected chi connectivity index (χ4v) is 3.11. The van der Waals surface area contributed by atoms with Crippen molar-refractivity contribution in [3.05, 3.63) is 23.9 Å². The second-order valence-electron chi connectivity index (χ2n) is 7.35. The van der Waals surface area contributed by atoms with E-state index >= 15 is 0 Å². The van der Waals surface area contributed by atoms with Gasteiger partial charge in [0.2, 0.25) is 5.91 Å². The monoisotopic (exact) mass is 314 g/mol. The van der Waals surface area contributed by atoms with Crippen molar-refractivity contribution in [3.8, 4) is 6.07 Å². The van der Waals surface area contributed by atoms with Gasteiger partial charge in [0.15, 0.2) is 0 Å². The number of hydrogen-bond donors (Lipinski definition) is 0. The van der Waals surface area contributed by atoms with Crippen molar-refractivity contribution in [1.29, 1.82) is 5.26 Å². The van der Waals surface area contributed by atoms with E-state index in [0.29, 0.717) is 11.5 Å². The molecule has 0 aromatic carbocycles. The second-order valence-corrected chi connectivity index (χ2v) is 7.35. The molecule has 1 aliphatic heterocycles. The summed E-state index contributed by atoms with van der Waals surface area (Å²) in [5, 5.41) is 9.20. The van der Waals surface area contributed by atoms with Crippen LogP contribution in [0.2, 0.25) is 0 Å². The van der Waals surface area contributed by atoms with Crippen molar-refractivity contribution in [3.63, 3.8) is 0 Å². The number of rotatable bonds is 3. The fourth-order valence-electron chi connectivity index (χ4n) is 3.11. The number of nitriles is 1. The van der Waals surface area contributed by atoms with Crippen LogP contribution in [0.3, 0.4) is 0 Å². The van der Waals surface area contributed by atoms with E-state index in [1.807, 2.05) is 38.8 Å². The third-order valence-corrected chi connectivity index (χ3v) is 4.34. The van der Waals surface area contributed by atoms with Crippen molar-refractivity contribution >= 4 is 11.7 Å². The first kappa shape index (κ1) is 17.3. The Hall–Kier alpha value is -2.09. The highest BCUT2D eigenvalue weighted by molar-refractivity contribution is 5.81. The first-order valence-corrected chi connectivity index (χ1v) is 8.18. The predicted molar refractivity (Wildman–Crippen MR) is 91.0 cm³/mol. The lowest BCUT2D eigenvalue weighted by molar-refractivity contribution is -0.138. The zero-order chi connectivity index (χ0) is 17.0. The quantitative estimate of drug-likeness (QED) is 0.860. The normalized spacial score (nSPS) is 16.0. The Balaban J connectivity index is 1.92. The van der Waals surface area contributed by atoms with E-state index in [-0.39, 0.29) is 11.3 Å². The third kappa shape index (κ3) is 4.22. The van der Waals surface area contributed by atoms with Crippen molar-refractivity contribution in [2.45, 2.75) is 33.6 Å². The highest BCUT2D eigenvalue weighted by Crippen LogP contribution is 2.25. The molecule has 1 aromatic heterocycles. The molecule has 23 heavy (non-hydrogen) atoms. The van der Waals surface area contributed by atoms with Crippen LogP contribution in [0.15, 0.2) is 18.3 Å². The van der Waals surface area contributed by atoms with E-state index in [1.165, 1.54) is 0 Å². The van der Waals surface area contributed by atoms with E-state index in [4.69, 9.17) is 0 Å². The van der Waals surface area contributed by atoms with E-state index in [9.17, 15) is 10.1 Å². The Morgan fingerprint density at radius 2 is 2.09 bits per heavy atom. The lowest BCUT2D eigenvalue weighted by Crippen LogP contribution is -2.43. The van der Waals surface area contributed by atoms with Crippen LogP contribution in [0.25, 0.3) is 0 Å². The first-order chi connectivity index (χ1) is 10.8. The summed E-state index contributed by atoms with van der Waals surface area (Å²) in [6.07, 6.45) is 3.77. The Kier molecular flexibility index (Phi) is 5.25. The van der Waals surface area contributed by atoms with Gasteiger partial charge in [0.25, 0.3) is 0 Å². The van der Waals surface area contributed by atoms with Crippen LogP contribution in [-0.4, -0.2) is 42.5 Å². The molecule has 0 radical (unpaired) electrons. The summed E-state index contributed by atoms with van der Waals surface area (Å²) >= 11 is 0. The number of anilines is 1. The maximum atomic E-state index is 12.3. The van der Waals surface area contributed by atoms with E-state index in [1.54, 1.807) is 12.3 Å². The third-order valence-electron chi connectivity index (χ3n) is 4.34. The van der Waals surface area contributed by atoms with Gasteiger partial charge in [-0.05, 0) is 30.9 Å². The Labute approximate surface area is 138 Å². The van der Waals surface area contributed by atoms with Crippen LogP contribution in [-0.2, 0) is 4.79 Å². The second kappa shape index (κ2) is 6.99. The number of carbonyl (C=O) groups is 1. The van der Waals surface area contributed by atoms with Gasteiger partial charge in [-0.2, -0.15) is 5.26 Å². The van der Waals surface area contributed by atoms with Gasteiger partial charge >= 0.3 is 0 Å². The summed E-state index contributed by atoms with van der Waals surface area (Å²) < 4.78 is 0. The molecule has 0 spiro atoms. The molecule has 0 bridgehead atoms. The molecule has 2 heterocycles. The van der Waals surface area contributed by atoms with Gasteiger partial charge in [-0.15, -0.1) is 0 Å². The molecule has 1 amide bonds. The summed E-state index contributed by atoms with van der Waals surface area (Å²) in [6.45, 7) is 8.44. The van der Waals surface area contributed by atoms with Gasteiger partial charge in [-0.1, -0.05) is 20.8 Å². The maximum Gasteiger partial charge on any atom is 0.227 e. The lowest BCUT2D eigenvalue weighted by Gasteiger charge is -2.36. The van der Waals surface area contributed by atoms with Gasteiger partial charge in [0.1, 0.15) is 11.9 Å². The van der Waals surface area contributed by atoms with Crippen LogP contribution in [0, 0.1) is 22.7 Å². The molecular weight excluding hydrogens is 288 g/mol. The number of pyridine rings is 1. The van der Waals surface area contributed by atoms with E-state index in [2.05, 4.69) is 16.0 Å². The van der Waals surface area contributed by atoms with Crippen LogP contribution in [0.4, 0.5) is 5.82 Å². The molecule has 5 heteroatoms. The van der Waals surface area contributed by atoms with Gasteiger partial charge in [0.05, 0.1) is 5.56 Å². The molecule has 1 aliphatic rings. The number of nitrogens with zero attached hydrogens (tertiary/aromatic N) is 4. The summed E-state index contributed by atoms with van der Waals surface area (Å²) in [5.74, 6) is 1.49. The Bertz CT molecular complexity index is 592. The molecule has 0 atom stereocenters. The summed E-state index contributed by atoms with van der Waals surface area (Å²) in [5.41, 5.74) is 0.302. The van der Waals surface area contributed by atoms with E-state index in [0.717, 1.165) is 38.3 Å². The predicted octanol–water partition coefficient (Wildman–Crippen LogP) is 2.67. The smallest absolute Gasteiger partial charge is 0.227 e. The van der Waals surface area contributed by atoms with Gasteiger partial charge < -0.3 is 9.80 Å². The SMILES string of the molecule is CN(CC1CCN(c2ncccc2C#N)CC1)C(=O)C(C)(C)C. The minimum absolute atomic E-state index is 0.191. The lowest BCUT2D eigenvalue weighted by atomic mass is 9.92. The van der Waals surface area contributed by atoms with Crippen LogP contribution >= 0.6 is 0 Å². The van der Waals surface area contributed by atoms with Crippen molar-refractivity contribution in [2.75, 3.05) is 31.6 Å². The molecule has 1 aromatic rings. The minimum atomic E-state index is -0.328. The van der Waals surface area contributed by atoms with E-state index < -0.39 is 0 Å². The molecule has 1 saturated heterocycles. The number of amides is 1. The summed E-state index contributed by atoms with van der Waals surface area (Å²) in [7, 11) is 1.90. The zero-order valence-corrected chi connectivity index (χ0v) is 14.5. The molecule has 0 saturated carbocycles. The van der Waals surface area contributed by atoms with Crippen molar-refractivity contribution in [2.24, 2.45) is 11.3 Å². The molecule has 5 nitrogen and oxygen atoms in total. The molecule has 0 unspecified atom stereocenters. The number of aromatic nitrogens is 1. The molecule has 1 fully saturated rings. The number of piperidine rings is 1. The van der Waals surface area contributed by atoms with Gasteiger partial charge in [-0.25, -0.2) is 4.98 Å². The minimum Gasteiger partial charge on any atom is -0.356 e. The topological polar surface area (TPSA) is 60.2 Å². The summed E-state index contributed by atoms with van der Waals surface area (Å²) in [6, 6.07) is 5.81. The Morgan fingerprint density at radius 1 is 1.43 bits per heavy atom. The maximum absolute atomic E-state index is 12.3. The molecule has 0 aliphatic carbocycles. The largest absolute Gasteiger partial charge is 0.356 e. The van der Waals surface area contributed by atoms with Crippen molar-refractivity contribution in [1.82, 2.24) is 9.88 Å². The van der Waals surface area contributed by atoms with Crippen LogP contribution < -0.4 is 4.90 Å². The first-order valence-electron chi connectivity index (χ1n) is 8.18. The highest BCUT2D eigenvalue weighted by atomic mass is 16.2. The average molecular weight is 314 g/mol. The highest BCUT2D eigenvalue weighted by Gasteiger charge is 2.28. The zero-order valence-electron chi connectivity index (χ0n) is 14.5. The van der Waals surface area contributed by atoms with Crippen LogP contribution in [0.1, 0.15) is 39.2 Å². The average Bonchev–Trinajstić information content (AvgIpc) is 2.54. The molecule has 0 N–H and O–H groups in total. The standard InChI is InChI=1S/C18H26N4O/c1-18(2,3)17(23)21(4)13-14-7-10-22(11-8-14)16-15(12-19)6-5-9-20-16/h5-6,9,14H,7-8,10-11,13H2,1-4H3. The fraction of sp³-hybridized carbons (Fsp3) is 0.611.